The van der Waals surface area contributed by atoms with E-state index in [1.165, 1.54) is 0 Å². The first kappa shape index (κ1) is 55.7. The maximum atomic E-state index is 14.4. The molecule has 0 saturated carbocycles. The molecule has 0 unspecified atom stereocenters. The number of hydrogen-bond donors (Lipinski definition) is 2. The summed E-state index contributed by atoms with van der Waals surface area (Å²) in [5, 5.41) is 6.12. The number of likely N-dealkylation sites (tertiary alicyclic amines) is 1. The number of carbonyl (C=O) groups is 6. The van der Waals surface area contributed by atoms with Crippen molar-refractivity contribution in [1.82, 2.24) is 25.3 Å². The lowest BCUT2D eigenvalue weighted by Gasteiger charge is -2.41. The van der Waals surface area contributed by atoms with Gasteiger partial charge < -0.3 is 34.6 Å². The van der Waals surface area contributed by atoms with Gasteiger partial charge in [-0.2, -0.15) is 0 Å². The molecular weight excluding hydrogens is 839 g/mol. The fourth-order valence-corrected chi connectivity index (χ4v) is 9.47. The molecule has 1 aliphatic rings. The molecule has 0 aromatic heterocycles. The highest BCUT2D eigenvalue weighted by Gasteiger charge is 2.43. The zero-order chi connectivity index (χ0) is 49.2. The smallest absolute Gasteiger partial charge is 0.306 e. The van der Waals surface area contributed by atoms with Gasteiger partial charge in [0.25, 0.3) is 0 Å². The Morgan fingerprint density at radius 3 is 1.92 bits per heavy atom. The first-order valence-corrected chi connectivity index (χ1v) is 24.0. The Morgan fingerprint density at radius 2 is 1.38 bits per heavy atom. The summed E-state index contributed by atoms with van der Waals surface area (Å²) in [6.07, 6.45) is 1.46. The molecule has 0 radical (unpaired) electrons. The highest BCUT2D eigenvalue weighted by Crippen LogP contribution is 2.31. The van der Waals surface area contributed by atoms with Gasteiger partial charge in [-0.15, -0.1) is 0 Å². The number of unbranched alkanes of at least 4 members (excludes halogenated alkanes) is 1. The molecule has 10 atom stereocenters. The van der Waals surface area contributed by atoms with Crippen LogP contribution in [-0.4, -0.2) is 134 Å². The second-order valence-corrected chi connectivity index (χ2v) is 19.1. The highest BCUT2D eigenvalue weighted by molar-refractivity contribution is 5.96. The molecule has 1 heterocycles. The molecule has 2 aromatic rings. The zero-order valence-corrected chi connectivity index (χ0v) is 42.1. The third-order valence-electron chi connectivity index (χ3n) is 13.3. The summed E-state index contributed by atoms with van der Waals surface area (Å²) in [6.45, 7) is 15.9. The van der Waals surface area contributed by atoms with Gasteiger partial charge in [0.05, 0.1) is 48.7 Å². The number of nitrogens with one attached hydrogen (secondary N) is 2. The van der Waals surface area contributed by atoms with Crippen LogP contribution in [0, 0.1) is 23.7 Å². The molecule has 0 spiro atoms. The van der Waals surface area contributed by atoms with E-state index in [9.17, 15) is 28.8 Å². The number of likely N-dealkylation sites (N-methyl/N-ethyl adjacent to an activating group) is 2. The lowest BCUT2D eigenvalue weighted by atomic mass is 9.89. The average molecular weight is 920 g/mol. The predicted octanol–water partition coefficient (Wildman–Crippen LogP) is 6.87. The van der Waals surface area contributed by atoms with Crippen molar-refractivity contribution < 1.29 is 43.0 Å². The van der Waals surface area contributed by atoms with Gasteiger partial charge in [-0.3, -0.25) is 33.7 Å². The van der Waals surface area contributed by atoms with E-state index < -0.39 is 60.4 Å². The van der Waals surface area contributed by atoms with Crippen LogP contribution in [0.5, 0.6) is 0 Å². The third kappa shape index (κ3) is 15.4. The minimum Gasteiger partial charge on any atom is -0.455 e. The number of nitrogens with zero attached hydrogens (tertiary/aromatic N) is 3. The fraction of sp³-hybridized carbons (Fsp3) is 0.654. The lowest BCUT2D eigenvalue weighted by molar-refractivity contribution is -0.152. The van der Waals surface area contributed by atoms with Gasteiger partial charge in [-0.05, 0) is 70.0 Å². The Kier molecular flexibility index (Phi) is 23.0. The number of ketones is 1. The molecule has 1 aliphatic heterocycles. The molecule has 1 saturated heterocycles. The number of ether oxygens (including phenoxy) is 3. The van der Waals surface area contributed by atoms with Gasteiger partial charge >= 0.3 is 5.97 Å². The molecule has 66 heavy (non-hydrogen) atoms. The minimum atomic E-state index is -0.785. The van der Waals surface area contributed by atoms with Gasteiger partial charge in [0.15, 0.2) is 5.78 Å². The highest BCUT2D eigenvalue weighted by atomic mass is 16.5. The van der Waals surface area contributed by atoms with Crippen molar-refractivity contribution in [2.45, 2.75) is 155 Å². The van der Waals surface area contributed by atoms with Gasteiger partial charge in [0.2, 0.25) is 23.6 Å². The number of carbonyl (C=O) groups excluding carboxylic acids is 6. The van der Waals surface area contributed by atoms with Crippen molar-refractivity contribution in [3.05, 3.63) is 71.8 Å². The molecule has 14 heteroatoms. The topological polar surface area (TPSA) is 164 Å². The number of benzene rings is 2. The minimum absolute atomic E-state index is 0.00408. The van der Waals surface area contributed by atoms with Crippen LogP contribution in [-0.2, 0) is 38.2 Å². The molecule has 4 amide bonds. The van der Waals surface area contributed by atoms with Crippen molar-refractivity contribution in [2.75, 3.05) is 41.9 Å². The summed E-state index contributed by atoms with van der Waals surface area (Å²) in [6, 6.07) is 15.7. The third-order valence-corrected chi connectivity index (χ3v) is 13.3. The van der Waals surface area contributed by atoms with Gasteiger partial charge in [0.1, 0.15) is 12.1 Å². The summed E-state index contributed by atoms with van der Waals surface area (Å²) >= 11 is 0. The maximum Gasteiger partial charge on any atom is 0.306 e. The van der Waals surface area contributed by atoms with E-state index in [2.05, 4.69) is 10.6 Å². The molecule has 2 N–H and O–H groups in total. The number of Topliss-reactive ketones (excluding diaryl/α,β-unsaturated/α-hetero) is 1. The van der Waals surface area contributed by atoms with Crippen molar-refractivity contribution in [3.8, 4) is 0 Å². The van der Waals surface area contributed by atoms with Crippen LogP contribution in [0.2, 0.25) is 0 Å². The number of methoxy groups -OCH3 is 2. The maximum absolute atomic E-state index is 14.4. The van der Waals surface area contributed by atoms with Crippen LogP contribution < -0.4 is 10.6 Å². The number of rotatable bonds is 27. The Morgan fingerprint density at radius 1 is 0.773 bits per heavy atom. The average Bonchev–Trinajstić information content (AvgIpc) is 3.78. The number of hydrogen-bond acceptors (Lipinski definition) is 10. The van der Waals surface area contributed by atoms with E-state index in [1.54, 1.807) is 57.0 Å². The first-order chi connectivity index (χ1) is 31.3. The Balaban J connectivity index is 1.72. The molecule has 1 fully saturated rings. The van der Waals surface area contributed by atoms with E-state index in [0.717, 1.165) is 18.4 Å². The summed E-state index contributed by atoms with van der Waals surface area (Å²) in [5.74, 6) is -2.24. The van der Waals surface area contributed by atoms with Gasteiger partial charge in [-0.25, -0.2) is 0 Å². The zero-order valence-electron chi connectivity index (χ0n) is 42.1. The quantitative estimate of drug-likeness (QED) is 0.0550. The summed E-state index contributed by atoms with van der Waals surface area (Å²) in [5.41, 5.74) is 1.38. The first-order valence-electron chi connectivity index (χ1n) is 24.0. The predicted molar refractivity (Wildman–Crippen MR) is 257 cm³/mol. The lowest BCUT2D eigenvalue weighted by Crippen LogP contribution is -2.59. The number of amides is 4. The van der Waals surface area contributed by atoms with E-state index in [4.69, 9.17) is 14.2 Å². The van der Waals surface area contributed by atoms with Crippen LogP contribution in [0.25, 0.3) is 0 Å². The largest absolute Gasteiger partial charge is 0.455 e. The molecule has 2 aromatic carbocycles. The molecule has 0 bridgehead atoms. The Labute approximate surface area is 395 Å². The van der Waals surface area contributed by atoms with Crippen molar-refractivity contribution in [3.63, 3.8) is 0 Å². The Bertz CT molecular complexity index is 1840. The van der Waals surface area contributed by atoms with Crippen LogP contribution in [0.1, 0.15) is 129 Å². The van der Waals surface area contributed by atoms with Crippen LogP contribution in [0.4, 0.5) is 0 Å². The van der Waals surface area contributed by atoms with Crippen molar-refractivity contribution >= 4 is 35.4 Å². The van der Waals surface area contributed by atoms with E-state index in [-0.39, 0.29) is 60.0 Å². The van der Waals surface area contributed by atoms with Gasteiger partial charge in [0, 0.05) is 46.2 Å². The fourth-order valence-electron chi connectivity index (χ4n) is 9.47. The van der Waals surface area contributed by atoms with E-state index in [1.807, 2.05) is 109 Å². The second-order valence-electron chi connectivity index (χ2n) is 19.1. The van der Waals surface area contributed by atoms with E-state index in [0.29, 0.717) is 37.8 Å². The number of esters is 1. The summed E-state index contributed by atoms with van der Waals surface area (Å²) in [4.78, 5) is 87.4. The molecule has 368 valence electrons. The monoisotopic (exact) mass is 920 g/mol. The SMILES string of the molecule is CC[C@H](C)[C@@H]([C@@H](CC(=O)N1CCC[C@H]1[C@H](OC)[C@@H](C)C(=O)N[C@H](C)[C@@H](OC(=O)CCCCC(=O)c1ccccc1)c1ccccc1)OC)N(C)C(=O)[C@@H](NC(=O)[C@H](C(C)C)N(C)C)C(C)C. The van der Waals surface area contributed by atoms with E-state index >= 15 is 0 Å². The van der Waals surface area contributed by atoms with Crippen molar-refractivity contribution in [1.29, 1.82) is 0 Å². The normalized spacial score (nSPS) is 18.1. The second kappa shape index (κ2) is 27.2. The Hall–Kier alpha value is -4.66. The van der Waals surface area contributed by atoms with Crippen molar-refractivity contribution in [2.24, 2.45) is 23.7 Å². The molecule has 3 rings (SSSR count). The summed E-state index contributed by atoms with van der Waals surface area (Å²) in [7, 11) is 8.53. The summed E-state index contributed by atoms with van der Waals surface area (Å²) < 4.78 is 18.1. The van der Waals surface area contributed by atoms with Crippen LogP contribution in [0.3, 0.4) is 0 Å². The molecular formula is C52H81N5O9. The standard InChI is InChI=1S/C52H81N5O9/c1-14-35(6)47(56(11)52(63)45(33(2)3)54-51(62)46(34(4)5)55(9)10)42(64-12)32-43(59)57-31-23-28-40(57)48(65-13)36(7)50(61)53-37(8)49(39-26-19-16-20-27-39)66-44(60)30-22-21-29-41(58)38-24-17-15-18-25-38/h15-20,24-27,33-37,40,42,45-49H,14,21-23,28-32H2,1-13H3,(H,53,61)(H,54,62)/t35-,36+,37+,40-,42+,45-,46-,47-,48+,49+/m0/s1. The molecule has 14 nitrogen and oxygen atoms in total. The van der Waals surface area contributed by atoms with Crippen LogP contribution >= 0.6 is 0 Å². The molecule has 0 aliphatic carbocycles. The van der Waals surface area contributed by atoms with Crippen LogP contribution in [0.15, 0.2) is 60.7 Å². The van der Waals surface area contributed by atoms with Gasteiger partial charge in [-0.1, -0.05) is 116 Å².